The summed E-state index contributed by atoms with van der Waals surface area (Å²) >= 11 is 0. The first-order valence-corrected chi connectivity index (χ1v) is 5.99. The van der Waals surface area contributed by atoms with Crippen LogP contribution in [0.4, 0.5) is 0 Å². The number of pyridine rings is 1. The Bertz CT molecular complexity index is 295. The molecule has 3 heteroatoms. The molecular formula is C13H22N2O. The Morgan fingerprint density at radius 3 is 2.56 bits per heavy atom. The number of nitrogens with one attached hydrogen (secondary N) is 1. The molecule has 0 aliphatic heterocycles. The predicted octanol–water partition coefficient (Wildman–Crippen LogP) is 2.93. The fourth-order valence-corrected chi connectivity index (χ4v) is 1.46. The minimum Gasteiger partial charge on any atom is -0.489 e. The van der Waals surface area contributed by atoms with E-state index in [4.69, 9.17) is 4.74 Å². The Hall–Kier alpha value is -1.09. The summed E-state index contributed by atoms with van der Waals surface area (Å²) in [6, 6.07) is 4.30. The van der Waals surface area contributed by atoms with Gasteiger partial charge in [-0.1, -0.05) is 6.92 Å². The van der Waals surface area contributed by atoms with Crippen LogP contribution in [0.3, 0.4) is 0 Å². The highest BCUT2D eigenvalue weighted by atomic mass is 16.5. The smallest absolute Gasteiger partial charge is 0.137 e. The van der Waals surface area contributed by atoms with Gasteiger partial charge in [0.15, 0.2) is 0 Å². The van der Waals surface area contributed by atoms with E-state index in [2.05, 4.69) is 24.1 Å². The minimum atomic E-state index is 0.197. The van der Waals surface area contributed by atoms with Crippen LogP contribution in [-0.2, 0) is 0 Å². The lowest BCUT2D eigenvalue weighted by molar-refractivity contribution is 0.241. The van der Waals surface area contributed by atoms with Crippen molar-refractivity contribution in [1.82, 2.24) is 10.3 Å². The Morgan fingerprint density at radius 1 is 1.31 bits per heavy atom. The Labute approximate surface area is 98.2 Å². The molecule has 0 fully saturated rings. The van der Waals surface area contributed by atoms with E-state index in [9.17, 15) is 0 Å². The molecule has 1 rings (SSSR count). The third-order valence-corrected chi connectivity index (χ3v) is 2.28. The van der Waals surface area contributed by atoms with Crippen LogP contribution >= 0.6 is 0 Å². The first-order chi connectivity index (χ1) is 7.63. The molecule has 0 radical (unpaired) electrons. The molecule has 0 amide bonds. The molecule has 3 nitrogen and oxygen atoms in total. The van der Waals surface area contributed by atoms with E-state index in [1.807, 2.05) is 26.0 Å². The van der Waals surface area contributed by atoms with Crippen LogP contribution in [0.15, 0.2) is 18.3 Å². The lowest BCUT2D eigenvalue weighted by Gasteiger charge is -2.14. The van der Waals surface area contributed by atoms with Gasteiger partial charge < -0.3 is 10.1 Å². The Morgan fingerprint density at radius 2 is 2.06 bits per heavy atom. The topological polar surface area (TPSA) is 34.1 Å². The SMILES string of the molecule is CCCNC(C)c1ccc(OC(C)C)cn1. The molecule has 16 heavy (non-hydrogen) atoms. The maximum atomic E-state index is 5.55. The molecule has 1 unspecified atom stereocenters. The van der Waals surface area contributed by atoms with Crippen molar-refractivity contribution in [1.29, 1.82) is 0 Å². The number of rotatable bonds is 6. The van der Waals surface area contributed by atoms with Crippen molar-refractivity contribution in [3.8, 4) is 5.75 Å². The van der Waals surface area contributed by atoms with Gasteiger partial charge in [0.1, 0.15) is 5.75 Å². The summed E-state index contributed by atoms with van der Waals surface area (Å²) in [6.45, 7) is 9.33. The summed E-state index contributed by atoms with van der Waals surface area (Å²) in [5, 5.41) is 3.41. The van der Waals surface area contributed by atoms with Crippen LogP contribution < -0.4 is 10.1 Å². The van der Waals surface area contributed by atoms with Crippen LogP contribution in [0.25, 0.3) is 0 Å². The van der Waals surface area contributed by atoms with Gasteiger partial charge in [0, 0.05) is 6.04 Å². The third-order valence-electron chi connectivity index (χ3n) is 2.28. The molecular weight excluding hydrogens is 200 g/mol. The average molecular weight is 222 g/mol. The van der Waals surface area contributed by atoms with Gasteiger partial charge in [-0.25, -0.2) is 0 Å². The van der Waals surface area contributed by atoms with Gasteiger partial charge >= 0.3 is 0 Å². The van der Waals surface area contributed by atoms with Crippen molar-refractivity contribution in [3.05, 3.63) is 24.0 Å². The number of nitrogens with zero attached hydrogens (tertiary/aromatic N) is 1. The van der Waals surface area contributed by atoms with Crippen LogP contribution in [0, 0.1) is 0 Å². The number of hydrogen-bond acceptors (Lipinski definition) is 3. The second kappa shape index (κ2) is 6.48. The zero-order chi connectivity index (χ0) is 12.0. The van der Waals surface area contributed by atoms with Crippen molar-refractivity contribution >= 4 is 0 Å². The first-order valence-electron chi connectivity index (χ1n) is 5.99. The molecule has 0 spiro atoms. The number of ether oxygens (including phenoxy) is 1. The van der Waals surface area contributed by atoms with Crippen LogP contribution in [0.2, 0.25) is 0 Å². The highest BCUT2D eigenvalue weighted by Gasteiger charge is 2.06. The molecule has 1 aromatic heterocycles. The fourth-order valence-electron chi connectivity index (χ4n) is 1.46. The number of hydrogen-bond donors (Lipinski definition) is 1. The zero-order valence-electron chi connectivity index (χ0n) is 10.7. The van der Waals surface area contributed by atoms with Gasteiger partial charge in [0.25, 0.3) is 0 Å². The van der Waals surface area contributed by atoms with Crippen molar-refractivity contribution in [2.45, 2.75) is 46.3 Å². The summed E-state index contributed by atoms with van der Waals surface area (Å²) < 4.78 is 5.55. The molecule has 0 aromatic carbocycles. The summed E-state index contributed by atoms with van der Waals surface area (Å²) in [6.07, 6.45) is 3.13. The van der Waals surface area contributed by atoms with Gasteiger partial charge in [0.2, 0.25) is 0 Å². The van der Waals surface area contributed by atoms with Gasteiger partial charge in [-0.2, -0.15) is 0 Å². The van der Waals surface area contributed by atoms with Crippen molar-refractivity contribution in [3.63, 3.8) is 0 Å². The van der Waals surface area contributed by atoms with Gasteiger partial charge in [-0.05, 0) is 45.9 Å². The van der Waals surface area contributed by atoms with Crippen LogP contribution in [0.1, 0.15) is 45.9 Å². The monoisotopic (exact) mass is 222 g/mol. The van der Waals surface area contributed by atoms with Gasteiger partial charge in [0.05, 0.1) is 18.0 Å². The van der Waals surface area contributed by atoms with Crippen molar-refractivity contribution in [2.75, 3.05) is 6.54 Å². The maximum Gasteiger partial charge on any atom is 0.137 e. The maximum absolute atomic E-state index is 5.55. The van der Waals surface area contributed by atoms with Crippen LogP contribution in [0.5, 0.6) is 5.75 Å². The molecule has 0 aliphatic carbocycles. The van der Waals surface area contributed by atoms with E-state index in [1.165, 1.54) is 0 Å². The summed E-state index contributed by atoms with van der Waals surface area (Å²) in [7, 11) is 0. The Kier molecular flexibility index (Phi) is 5.26. The van der Waals surface area contributed by atoms with E-state index in [1.54, 1.807) is 6.20 Å². The highest BCUT2D eigenvalue weighted by molar-refractivity contribution is 5.21. The van der Waals surface area contributed by atoms with Crippen molar-refractivity contribution < 1.29 is 4.74 Å². The highest BCUT2D eigenvalue weighted by Crippen LogP contribution is 2.15. The molecule has 0 saturated carbocycles. The average Bonchev–Trinajstić information content (AvgIpc) is 2.26. The van der Waals surface area contributed by atoms with E-state index in [0.717, 1.165) is 24.4 Å². The van der Waals surface area contributed by atoms with E-state index in [-0.39, 0.29) is 6.10 Å². The standard InChI is InChI=1S/C13H22N2O/c1-5-8-14-11(4)13-7-6-12(9-15-13)16-10(2)3/h6-7,9-11,14H,5,8H2,1-4H3. The number of aromatic nitrogens is 1. The molecule has 1 heterocycles. The molecule has 90 valence electrons. The zero-order valence-corrected chi connectivity index (χ0v) is 10.7. The summed E-state index contributed by atoms with van der Waals surface area (Å²) in [4.78, 5) is 4.40. The molecule has 0 aliphatic rings. The predicted molar refractivity (Wildman–Crippen MR) is 66.7 cm³/mol. The molecule has 0 saturated heterocycles. The van der Waals surface area contributed by atoms with Crippen molar-refractivity contribution in [2.24, 2.45) is 0 Å². The molecule has 1 atom stereocenters. The third kappa shape index (κ3) is 4.19. The Balaban J connectivity index is 2.56. The minimum absolute atomic E-state index is 0.197. The summed E-state index contributed by atoms with van der Waals surface area (Å²) in [5.74, 6) is 0.835. The van der Waals surface area contributed by atoms with E-state index in [0.29, 0.717) is 6.04 Å². The van der Waals surface area contributed by atoms with E-state index >= 15 is 0 Å². The van der Waals surface area contributed by atoms with Gasteiger partial charge in [-0.15, -0.1) is 0 Å². The summed E-state index contributed by atoms with van der Waals surface area (Å²) in [5.41, 5.74) is 1.06. The van der Waals surface area contributed by atoms with E-state index < -0.39 is 0 Å². The second-order valence-corrected chi connectivity index (χ2v) is 4.26. The molecule has 1 N–H and O–H groups in total. The molecule has 1 aromatic rings. The largest absolute Gasteiger partial charge is 0.489 e. The normalized spacial score (nSPS) is 12.8. The second-order valence-electron chi connectivity index (χ2n) is 4.26. The quantitative estimate of drug-likeness (QED) is 0.803. The van der Waals surface area contributed by atoms with Gasteiger partial charge in [-0.3, -0.25) is 4.98 Å². The lowest BCUT2D eigenvalue weighted by Crippen LogP contribution is -2.20. The molecule has 0 bridgehead atoms. The lowest BCUT2D eigenvalue weighted by atomic mass is 10.2. The fraction of sp³-hybridized carbons (Fsp3) is 0.615. The first kappa shape index (κ1) is 13.0. The van der Waals surface area contributed by atoms with Crippen LogP contribution in [-0.4, -0.2) is 17.6 Å².